The number of hydrogen-bond acceptors (Lipinski definition) is 3. The van der Waals surface area contributed by atoms with Gasteiger partial charge in [-0.1, -0.05) is 20.8 Å². The number of piperazine rings is 1. The molecule has 1 aliphatic heterocycles. The molecule has 1 fully saturated rings. The van der Waals surface area contributed by atoms with Crippen LogP contribution in [0.5, 0.6) is 0 Å². The molecule has 1 aromatic heterocycles. The Bertz CT molecular complexity index is 336. The summed E-state index contributed by atoms with van der Waals surface area (Å²) < 4.78 is 0. The fourth-order valence-electron chi connectivity index (χ4n) is 2.74. The Morgan fingerprint density at radius 2 is 1.76 bits per heavy atom. The van der Waals surface area contributed by atoms with E-state index in [4.69, 9.17) is 0 Å². The topological polar surface area (TPSA) is 28.2 Å². The van der Waals surface area contributed by atoms with Crippen molar-refractivity contribution in [3.8, 4) is 0 Å². The summed E-state index contributed by atoms with van der Waals surface area (Å²) in [4.78, 5) is 6.71. The number of aromatic nitrogens is 1. The van der Waals surface area contributed by atoms with Gasteiger partial charge in [0, 0.05) is 44.6 Å². The fraction of sp³-hybridized carbons (Fsp3) is 0.643. The van der Waals surface area contributed by atoms with Gasteiger partial charge >= 0.3 is 0 Å². The molecule has 0 bridgehead atoms. The number of hydrogen-bond donors (Lipinski definition) is 1. The highest BCUT2D eigenvalue weighted by atomic mass is 15.2. The lowest BCUT2D eigenvalue weighted by Gasteiger charge is -2.42. The predicted molar refractivity (Wildman–Crippen MR) is 70.9 cm³/mol. The van der Waals surface area contributed by atoms with Gasteiger partial charge in [-0.3, -0.25) is 9.88 Å². The molecular formula is C14H23N3. The van der Waals surface area contributed by atoms with E-state index in [1.165, 1.54) is 5.56 Å². The van der Waals surface area contributed by atoms with Gasteiger partial charge < -0.3 is 5.32 Å². The molecule has 94 valence electrons. The first-order valence-corrected chi connectivity index (χ1v) is 6.44. The van der Waals surface area contributed by atoms with Crippen molar-refractivity contribution in [3.05, 3.63) is 30.1 Å². The van der Waals surface area contributed by atoms with Gasteiger partial charge in [-0.25, -0.2) is 0 Å². The lowest BCUT2D eigenvalue weighted by Crippen LogP contribution is -2.48. The van der Waals surface area contributed by atoms with Gasteiger partial charge in [-0.05, 0) is 23.1 Å². The van der Waals surface area contributed by atoms with Gasteiger partial charge in [0.1, 0.15) is 0 Å². The molecule has 0 aromatic carbocycles. The molecule has 1 N–H and O–H groups in total. The van der Waals surface area contributed by atoms with E-state index in [1.54, 1.807) is 0 Å². The van der Waals surface area contributed by atoms with E-state index in [2.05, 4.69) is 48.1 Å². The van der Waals surface area contributed by atoms with Crippen LogP contribution in [-0.2, 0) is 0 Å². The summed E-state index contributed by atoms with van der Waals surface area (Å²) >= 11 is 0. The lowest BCUT2D eigenvalue weighted by atomic mass is 9.81. The summed E-state index contributed by atoms with van der Waals surface area (Å²) in [6.07, 6.45) is 3.80. The van der Waals surface area contributed by atoms with Crippen molar-refractivity contribution in [2.75, 3.05) is 26.2 Å². The molecule has 2 heterocycles. The zero-order valence-electron chi connectivity index (χ0n) is 11.1. The van der Waals surface area contributed by atoms with Gasteiger partial charge in [0.05, 0.1) is 0 Å². The smallest absolute Gasteiger partial charge is 0.0398 e. The monoisotopic (exact) mass is 233 g/mol. The van der Waals surface area contributed by atoms with E-state index in [0.717, 1.165) is 26.2 Å². The van der Waals surface area contributed by atoms with E-state index < -0.39 is 0 Å². The van der Waals surface area contributed by atoms with Crippen molar-refractivity contribution in [2.24, 2.45) is 5.41 Å². The van der Waals surface area contributed by atoms with Crippen LogP contribution in [0.3, 0.4) is 0 Å². The van der Waals surface area contributed by atoms with Gasteiger partial charge in [0.25, 0.3) is 0 Å². The molecule has 0 saturated carbocycles. The van der Waals surface area contributed by atoms with Crippen LogP contribution in [0.15, 0.2) is 24.5 Å². The number of pyridine rings is 1. The first-order chi connectivity index (χ1) is 8.09. The molecular weight excluding hydrogens is 210 g/mol. The standard InChI is InChI=1S/C14H23N3/c1-14(2,3)13(12-4-6-15-7-5-12)17-10-8-16-9-11-17/h4-7,13,16H,8-11H2,1-3H3/t13-/m1/s1. The summed E-state index contributed by atoms with van der Waals surface area (Å²) in [5, 5.41) is 3.42. The molecule has 3 heteroatoms. The first-order valence-electron chi connectivity index (χ1n) is 6.44. The van der Waals surface area contributed by atoms with Crippen molar-refractivity contribution in [1.29, 1.82) is 0 Å². The SMILES string of the molecule is CC(C)(C)[C@@H](c1ccncc1)N1CCNCC1. The molecule has 0 unspecified atom stereocenters. The summed E-state index contributed by atoms with van der Waals surface area (Å²) in [5.74, 6) is 0. The maximum Gasteiger partial charge on any atom is 0.0398 e. The number of rotatable bonds is 2. The van der Waals surface area contributed by atoms with Crippen LogP contribution in [0.2, 0.25) is 0 Å². The first kappa shape index (κ1) is 12.5. The number of nitrogens with zero attached hydrogens (tertiary/aromatic N) is 2. The zero-order chi connectivity index (χ0) is 12.3. The fourth-order valence-corrected chi connectivity index (χ4v) is 2.74. The Morgan fingerprint density at radius 3 is 2.29 bits per heavy atom. The molecule has 0 aliphatic carbocycles. The molecule has 1 aromatic rings. The van der Waals surface area contributed by atoms with Gasteiger partial charge in [0.15, 0.2) is 0 Å². The van der Waals surface area contributed by atoms with E-state index in [1.807, 2.05) is 12.4 Å². The van der Waals surface area contributed by atoms with Crippen molar-refractivity contribution >= 4 is 0 Å². The van der Waals surface area contributed by atoms with Crippen molar-refractivity contribution < 1.29 is 0 Å². The molecule has 0 spiro atoms. The Labute approximate surface area is 104 Å². The van der Waals surface area contributed by atoms with Crippen LogP contribution in [-0.4, -0.2) is 36.1 Å². The minimum absolute atomic E-state index is 0.249. The molecule has 0 radical (unpaired) electrons. The Morgan fingerprint density at radius 1 is 1.18 bits per heavy atom. The van der Waals surface area contributed by atoms with E-state index in [0.29, 0.717) is 6.04 Å². The molecule has 1 atom stereocenters. The van der Waals surface area contributed by atoms with E-state index >= 15 is 0 Å². The summed E-state index contributed by atoms with van der Waals surface area (Å²) in [5.41, 5.74) is 1.63. The summed E-state index contributed by atoms with van der Waals surface area (Å²) in [6.45, 7) is 11.4. The minimum Gasteiger partial charge on any atom is -0.314 e. The van der Waals surface area contributed by atoms with Crippen LogP contribution in [0, 0.1) is 5.41 Å². The Kier molecular flexibility index (Phi) is 3.79. The maximum atomic E-state index is 4.12. The molecule has 17 heavy (non-hydrogen) atoms. The predicted octanol–water partition coefficient (Wildman–Crippen LogP) is 2.07. The van der Waals surface area contributed by atoms with Crippen LogP contribution in [0.4, 0.5) is 0 Å². The average molecular weight is 233 g/mol. The van der Waals surface area contributed by atoms with Crippen LogP contribution in [0.1, 0.15) is 32.4 Å². The Hall–Kier alpha value is -0.930. The second-order valence-electron chi connectivity index (χ2n) is 5.84. The van der Waals surface area contributed by atoms with Gasteiger partial charge in [0.2, 0.25) is 0 Å². The second kappa shape index (κ2) is 5.15. The van der Waals surface area contributed by atoms with Crippen molar-refractivity contribution in [1.82, 2.24) is 15.2 Å². The maximum absolute atomic E-state index is 4.12. The second-order valence-corrected chi connectivity index (χ2v) is 5.84. The summed E-state index contributed by atoms with van der Waals surface area (Å²) in [6, 6.07) is 4.78. The number of nitrogens with one attached hydrogen (secondary N) is 1. The summed E-state index contributed by atoms with van der Waals surface area (Å²) in [7, 11) is 0. The third kappa shape index (κ3) is 3.05. The van der Waals surface area contributed by atoms with E-state index in [9.17, 15) is 0 Å². The van der Waals surface area contributed by atoms with Crippen molar-refractivity contribution in [3.63, 3.8) is 0 Å². The van der Waals surface area contributed by atoms with Crippen molar-refractivity contribution in [2.45, 2.75) is 26.8 Å². The highest BCUT2D eigenvalue weighted by Crippen LogP contribution is 2.37. The molecule has 0 amide bonds. The third-order valence-corrected chi connectivity index (χ3v) is 3.36. The van der Waals surface area contributed by atoms with Crippen LogP contribution in [0.25, 0.3) is 0 Å². The van der Waals surface area contributed by atoms with Crippen LogP contribution >= 0.6 is 0 Å². The quantitative estimate of drug-likeness (QED) is 0.847. The highest BCUT2D eigenvalue weighted by Gasteiger charge is 2.32. The molecule has 2 rings (SSSR count). The largest absolute Gasteiger partial charge is 0.314 e. The molecule has 1 saturated heterocycles. The van der Waals surface area contributed by atoms with Gasteiger partial charge in [-0.15, -0.1) is 0 Å². The molecule has 1 aliphatic rings. The third-order valence-electron chi connectivity index (χ3n) is 3.36. The normalized spacial score (nSPS) is 20.2. The minimum atomic E-state index is 0.249. The highest BCUT2D eigenvalue weighted by molar-refractivity contribution is 5.18. The lowest BCUT2D eigenvalue weighted by molar-refractivity contribution is 0.0862. The molecule has 3 nitrogen and oxygen atoms in total. The van der Waals surface area contributed by atoms with Crippen LogP contribution < -0.4 is 5.32 Å². The van der Waals surface area contributed by atoms with E-state index in [-0.39, 0.29) is 5.41 Å². The Balaban J connectivity index is 2.25. The average Bonchev–Trinajstić information content (AvgIpc) is 2.30. The van der Waals surface area contributed by atoms with Gasteiger partial charge in [-0.2, -0.15) is 0 Å². The zero-order valence-corrected chi connectivity index (χ0v) is 11.1.